The average Bonchev–Trinajstić information content (AvgIpc) is 2.75. The average molecular weight is 476 g/mol. The topological polar surface area (TPSA) is 116 Å². The number of aryl methyl sites for hydroxylation is 2. The Balaban J connectivity index is 1.61. The smallest absolute Gasteiger partial charge is 0.243 e. The summed E-state index contributed by atoms with van der Waals surface area (Å²) in [6.45, 7) is 4.05. The van der Waals surface area contributed by atoms with Gasteiger partial charge in [-0.3, -0.25) is 4.79 Å². The first-order valence-corrected chi connectivity index (χ1v) is 13.3. The van der Waals surface area contributed by atoms with Crippen molar-refractivity contribution in [2.75, 3.05) is 31.9 Å². The molecule has 10 heteroatoms. The molecule has 0 radical (unpaired) electrons. The van der Waals surface area contributed by atoms with Gasteiger partial charge in [-0.05, 0) is 48.7 Å². The van der Waals surface area contributed by atoms with Gasteiger partial charge in [0.1, 0.15) is 5.75 Å². The monoisotopic (exact) mass is 475 g/mol. The number of nitriles is 1. The fraction of sp³-hybridized carbons (Fsp3) is 0.364. The van der Waals surface area contributed by atoms with Crippen molar-refractivity contribution in [3.8, 4) is 6.07 Å². The van der Waals surface area contributed by atoms with E-state index in [0.717, 1.165) is 5.56 Å². The lowest BCUT2D eigenvalue weighted by molar-refractivity contribution is -0.129. The van der Waals surface area contributed by atoms with E-state index < -0.39 is 31.5 Å². The predicted molar refractivity (Wildman–Crippen MR) is 120 cm³/mol. The summed E-state index contributed by atoms with van der Waals surface area (Å²) in [6.07, 6.45) is 0. The molecule has 1 saturated heterocycles. The summed E-state index contributed by atoms with van der Waals surface area (Å²) >= 11 is 0. The van der Waals surface area contributed by atoms with Gasteiger partial charge in [0.05, 0.1) is 22.3 Å². The molecular weight excluding hydrogens is 450 g/mol. The Labute approximate surface area is 189 Å². The van der Waals surface area contributed by atoms with Crippen LogP contribution in [-0.4, -0.2) is 63.9 Å². The van der Waals surface area contributed by atoms with Crippen molar-refractivity contribution in [3.05, 3.63) is 64.7 Å². The lowest BCUT2D eigenvalue weighted by atomic mass is 10.2. The number of hydrogen-bond acceptors (Lipinski definition) is 6. The lowest BCUT2D eigenvalue weighted by Crippen LogP contribution is -2.51. The first-order chi connectivity index (χ1) is 15.0. The zero-order valence-electron chi connectivity index (χ0n) is 18.0. The number of carbonyl (C=O) groups excluding carboxylic acids is 1. The highest BCUT2D eigenvalue weighted by molar-refractivity contribution is 7.91. The summed E-state index contributed by atoms with van der Waals surface area (Å²) in [4.78, 5) is 14.2. The van der Waals surface area contributed by atoms with Gasteiger partial charge in [-0.15, -0.1) is 0 Å². The summed E-state index contributed by atoms with van der Waals surface area (Å²) < 4.78 is 52.3. The Kier molecular flexibility index (Phi) is 7.03. The fourth-order valence-electron chi connectivity index (χ4n) is 3.56. The maximum Gasteiger partial charge on any atom is 0.243 e. The lowest BCUT2D eigenvalue weighted by Gasteiger charge is -2.34. The first kappa shape index (κ1) is 23.9. The molecule has 0 aromatic heterocycles. The number of rotatable bonds is 6. The maximum absolute atomic E-state index is 13.0. The third kappa shape index (κ3) is 5.54. The molecule has 0 bridgehead atoms. The summed E-state index contributed by atoms with van der Waals surface area (Å²) in [6, 6.07) is 13.4. The van der Waals surface area contributed by atoms with E-state index in [4.69, 9.17) is 5.26 Å². The van der Waals surface area contributed by atoms with Crippen LogP contribution < -0.4 is 0 Å². The normalized spacial score (nSPS) is 15.3. The molecule has 170 valence electrons. The Hall–Kier alpha value is -2.74. The van der Waals surface area contributed by atoms with Gasteiger partial charge in [0.2, 0.25) is 15.9 Å². The van der Waals surface area contributed by atoms with Crippen LogP contribution in [0.5, 0.6) is 0 Å². The molecule has 0 spiro atoms. The fourth-order valence-corrected chi connectivity index (χ4v) is 6.66. The second kappa shape index (κ2) is 9.40. The zero-order chi connectivity index (χ0) is 23.5. The van der Waals surface area contributed by atoms with E-state index in [2.05, 4.69) is 0 Å². The second-order valence-electron chi connectivity index (χ2n) is 7.89. The van der Waals surface area contributed by atoms with Crippen molar-refractivity contribution >= 4 is 25.8 Å². The summed E-state index contributed by atoms with van der Waals surface area (Å²) in [7, 11) is -7.40. The van der Waals surface area contributed by atoms with Gasteiger partial charge in [-0.2, -0.15) is 9.57 Å². The standard InChI is InChI=1S/C22H25N3O5S2/c1-17-3-4-18(2)21(13-17)32(29,30)25-11-9-24(10-12-25)22(26)16-31(27,28)15-20-7-5-19(14-23)6-8-20/h3-8,13H,9-12,15-16H2,1-2H3. The molecule has 1 aliphatic heterocycles. The number of sulfonamides is 1. The number of nitrogens with zero attached hydrogens (tertiary/aromatic N) is 3. The maximum atomic E-state index is 13.0. The van der Waals surface area contributed by atoms with Gasteiger partial charge in [0.25, 0.3) is 0 Å². The van der Waals surface area contributed by atoms with Crippen molar-refractivity contribution in [1.82, 2.24) is 9.21 Å². The van der Waals surface area contributed by atoms with Crippen LogP contribution in [0, 0.1) is 25.2 Å². The van der Waals surface area contributed by atoms with Gasteiger partial charge in [0.15, 0.2) is 9.84 Å². The van der Waals surface area contributed by atoms with E-state index in [-0.39, 0.29) is 36.8 Å². The predicted octanol–water partition coefficient (Wildman–Crippen LogP) is 1.62. The van der Waals surface area contributed by atoms with Crippen LogP contribution in [0.4, 0.5) is 0 Å². The summed E-state index contributed by atoms with van der Waals surface area (Å²) in [5.41, 5.74) is 2.43. The minimum Gasteiger partial charge on any atom is -0.339 e. The number of amides is 1. The van der Waals surface area contributed by atoms with Crippen molar-refractivity contribution in [2.45, 2.75) is 24.5 Å². The van der Waals surface area contributed by atoms with Gasteiger partial charge in [-0.25, -0.2) is 16.8 Å². The zero-order valence-corrected chi connectivity index (χ0v) is 19.6. The third-order valence-electron chi connectivity index (χ3n) is 5.37. The van der Waals surface area contributed by atoms with Crippen LogP contribution >= 0.6 is 0 Å². The molecule has 1 fully saturated rings. The van der Waals surface area contributed by atoms with E-state index in [1.165, 1.54) is 21.3 Å². The quantitative estimate of drug-likeness (QED) is 0.627. The Morgan fingerprint density at radius 2 is 1.59 bits per heavy atom. The second-order valence-corrected chi connectivity index (χ2v) is 11.9. The minimum absolute atomic E-state index is 0.108. The van der Waals surface area contributed by atoms with E-state index in [1.54, 1.807) is 31.2 Å². The van der Waals surface area contributed by atoms with Gasteiger partial charge in [0, 0.05) is 26.2 Å². The third-order valence-corrected chi connectivity index (χ3v) is 8.87. The molecule has 2 aromatic rings. The highest BCUT2D eigenvalue weighted by Crippen LogP contribution is 2.22. The highest BCUT2D eigenvalue weighted by atomic mass is 32.2. The molecule has 2 aromatic carbocycles. The molecule has 1 amide bonds. The molecule has 0 N–H and O–H groups in total. The first-order valence-electron chi connectivity index (χ1n) is 10.1. The van der Waals surface area contributed by atoms with Gasteiger partial charge < -0.3 is 4.90 Å². The molecule has 32 heavy (non-hydrogen) atoms. The van der Waals surface area contributed by atoms with Crippen LogP contribution in [0.1, 0.15) is 22.3 Å². The van der Waals surface area contributed by atoms with Crippen molar-refractivity contribution in [2.24, 2.45) is 0 Å². The number of sulfone groups is 1. The van der Waals surface area contributed by atoms with Crippen molar-refractivity contribution < 1.29 is 21.6 Å². The van der Waals surface area contributed by atoms with Crippen LogP contribution in [0.3, 0.4) is 0 Å². The van der Waals surface area contributed by atoms with Crippen molar-refractivity contribution in [1.29, 1.82) is 5.26 Å². The van der Waals surface area contributed by atoms with E-state index in [1.807, 2.05) is 19.1 Å². The Bertz CT molecular complexity index is 1260. The molecule has 1 heterocycles. The van der Waals surface area contributed by atoms with Gasteiger partial charge in [-0.1, -0.05) is 24.3 Å². The summed E-state index contributed by atoms with van der Waals surface area (Å²) in [5, 5.41) is 8.82. The minimum atomic E-state index is -3.70. The Morgan fingerprint density at radius 3 is 2.19 bits per heavy atom. The van der Waals surface area contributed by atoms with Gasteiger partial charge >= 0.3 is 0 Å². The van der Waals surface area contributed by atoms with E-state index >= 15 is 0 Å². The highest BCUT2D eigenvalue weighted by Gasteiger charge is 2.32. The molecule has 0 atom stereocenters. The number of benzene rings is 2. The van der Waals surface area contributed by atoms with Crippen LogP contribution in [-0.2, 0) is 30.4 Å². The molecule has 0 saturated carbocycles. The summed E-state index contributed by atoms with van der Waals surface area (Å²) in [5.74, 6) is -1.48. The molecule has 1 aliphatic rings. The largest absolute Gasteiger partial charge is 0.339 e. The SMILES string of the molecule is Cc1ccc(C)c(S(=O)(=O)N2CCN(C(=O)CS(=O)(=O)Cc3ccc(C#N)cc3)CC2)c1. The molecule has 8 nitrogen and oxygen atoms in total. The number of carbonyl (C=O) groups is 1. The molecule has 0 unspecified atom stereocenters. The molecular formula is C22H25N3O5S2. The van der Waals surface area contributed by atoms with Crippen LogP contribution in [0.15, 0.2) is 47.4 Å². The molecule has 3 rings (SSSR count). The van der Waals surface area contributed by atoms with E-state index in [0.29, 0.717) is 16.7 Å². The van der Waals surface area contributed by atoms with Crippen LogP contribution in [0.25, 0.3) is 0 Å². The number of piperazine rings is 1. The van der Waals surface area contributed by atoms with Crippen LogP contribution in [0.2, 0.25) is 0 Å². The Morgan fingerprint density at radius 1 is 0.969 bits per heavy atom. The molecule has 0 aliphatic carbocycles. The number of hydrogen-bond donors (Lipinski definition) is 0. The van der Waals surface area contributed by atoms with E-state index in [9.17, 15) is 21.6 Å². The van der Waals surface area contributed by atoms with Crippen molar-refractivity contribution in [3.63, 3.8) is 0 Å².